The Kier molecular flexibility index (Phi) is 3.78. The molecule has 0 aromatic carbocycles. The van der Waals surface area contributed by atoms with Crippen LogP contribution in [0.5, 0.6) is 0 Å². The zero-order valence-corrected chi connectivity index (χ0v) is 7.72. The average molecular weight is 169 g/mol. The molecule has 1 unspecified atom stereocenters. The smallest absolute Gasteiger partial charge is 0.250 e. The molecule has 3 nitrogen and oxygen atoms in total. The Morgan fingerprint density at radius 2 is 2.17 bits per heavy atom. The van der Waals surface area contributed by atoms with Gasteiger partial charge < -0.3 is 10.4 Å². The van der Waals surface area contributed by atoms with Crippen molar-refractivity contribution in [3.63, 3.8) is 0 Å². The Labute approximate surface area is 73.2 Å². The van der Waals surface area contributed by atoms with E-state index in [1.165, 1.54) is 0 Å². The lowest BCUT2D eigenvalue weighted by molar-refractivity contribution is -0.134. The maximum absolute atomic E-state index is 11.1. The normalized spacial score (nSPS) is 13.2. The van der Waals surface area contributed by atoms with Crippen molar-refractivity contribution in [3.05, 3.63) is 0 Å². The summed E-state index contributed by atoms with van der Waals surface area (Å²) in [5.41, 5.74) is -0.446. The minimum atomic E-state index is -1.01. The highest BCUT2D eigenvalue weighted by Crippen LogP contribution is 2.18. The van der Waals surface area contributed by atoms with Gasteiger partial charge in [0.1, 0.15) is 6.10 Å². The quantitative estimate of drug-likeness (QED) is 0.578. The van der Waals surface area contributed by atoms with E-state index in [0.717, 1.165) is 0 Å². The predicted octanol–water partition coefficient (Wildman–Crippen LogP) is 0.143. The zero-order valence-electron chi connectivity index (χ0n) is 7.72. The van der Waals surface area contributed by atoms with E-state index in [2.05, 4.69) is 11.2 Å². The molecule has 0 rings (SSSR count). The van der Waals surface area contributed by atoms with E-state index in [1.807, 2.05) is 0 Å². The lowest BCUT2D eigenvalue weighted by Gasteiger charge is -2.24. The SMILES string of the molecule is C#CCNC(=O)C(O)C(C)(C)C. The summed E-state index contributed by atoms with van der Waals surface area (Å²) < 4.78 is 0. The molecular weight excluding hydrogens is 154 g/mol. The zero-order chi connectivity index (χ0) is 9.78. The molecule has 0 heterocycles. The molecule has 68 valence electrons. The van der Waals surface area contributed by atoms with E-state index in [0.29, 0.717) is 0 Å². The maximum Gasteiger partial charge on any atom is 0.250 e. The first-order valence-corrected chi connectivity index (χ1v) is 3.79. The van der Waals surface area contributed by atoms with Gasteiger partial charge in [0.2, 0.25) is 5.91 Å². The highest BCUT2D eigenvalue weighted by Gasteiger charge is 2.28. The standard InChI is InChI=1S/C9H15NO2/c1-5-6-10-8(12)7(11)9(2,3)4/h1,7,11H,6H2,2-4H3,(H,10,12). The summed E-state index contributed by atoms with van der Waals surface area (Å²) >= 11 is 0. The third-order valence-electron chi connectivity index (χ3n) is 1.43. The highest BCUT2D eigenvalue weighted by atomic mass is 16.3. The van der Waals surface area contributed by atoms with Crippen molar-refractivity contribution in [2.24, 2.45) is 5.41 Å². The van der Waals surface area contributed by atoms with Crippen LogP contribution in [0.2, 0.25) is 0 Å². The summed E-state index contributed by atoms with van der Waals surface area (Å²) in [4.78, 5) is 11.1. The Morgan fingerprint density at radius 1 is 1.67 bits per heavy atom. The third kappa shape index (κ3) is 3.40. The first-order chi connectivity index (χ1) is 5.39. The molecule has 0 spiro atoms. The summed E-state index contributed by atoms with van der Waals surface area (Å²) in [6.45, 7) is 5.51. The summed E-state index contributed by atoms with van der Waals surface area (Å²) in [6.07, 6.45) is 3.93. The second-order valence-corrected chi connectivity index (χ2v) is 3.69. The van der Waals surface area contributed by atoms with E-state index < -0.39 is 17.4 Å². The van der Waals surface area contributed by atoms with Crippen molar-refractivity contribution in [2.45, 2.75) is 26.9 Å². The van der Waals surface area contributed by atoms with Crippen molar-refractivity contribution in [1.82, 2.24) is 5.32 Å². The lowest BCUT2D eigenvalue weighted by atomic mass is 9.89. The van der Waals surface area contributed by atoms with Crippen LogP contribution < -0.4 is 5.32 Å². The summed E-state index contributed by atoms with van der Waals surface area (Å²) in [5, 5.41) is 11.8. The fourth-order valence-corrected chi connectivity index (χ4v) is 0.628. The van der Waals surface area contributed by atoms with Crippen LogP contribution in [0.3, 0.4) is 0 Å². The largest absolute Gasteiger partial charge is 0.383 e. The first kappa shape index (κ1) is 11.0. The Bertz CT molecular complexity index is 198. The van der Waals surface area contributed by atoms with Crippen LogP contribution in [0.25, 0.3) is 0 Å². The summed E-state index contributed by atoms with van der Waals surface area (Å²) in [5.74, 6) is 1.85. The molecule has 0 radical (unpaired) electrons. The van der Waals surface area contributed by atoms with Crippen molar-refractivity contribution < 1.29 is 9.90 Å². The van der Waals surface area contributed by atoms with Gasteiger partial charge in [0.05, 0.1) is 6.54 Å². The molecule has 0 aliphatic carbocycles. The molecule has 0 aromatic rings. The van der Waals surface area contributed by atoms with Gasteiger partial charge in [-0.2, -0.15) is 0 Å². The summed E-state index contributed by atoms with van der Waals surface area (Å²) in [7, 11) is 0. The van der Waals surface area contributed by atoms with E-state index in [4.69, 9.17) is 6.42 Å². The second kappa shape index (κ2) is 4.13. The van der Waals surface area contributed by atoms with Crippen molar-refractivity contribution in [3.8, 4) is 12.3 Å². The number of terminal acetylenes is 1. The van der Waals surface area contributed by atoms with Gasteiger partial charge in [0, 0.05) is 0 Å². The number of aliphatic hydroxyl groups is 1. The number of amides is 1. The van der Waals surface area contributed by atoms with Crippen LogP contribution in [-0.4, -0.2) is 23.7 Å². The Hall–Kier alpha value is -1.01. The van der Waals surface area contributed by atoms with Crippen LogP contribution in [0, 0.1) is 17.8 Å². The van der Waals surface area contributed by atoms with Crippen LogP contribution in [0.1, 0.15) is 20.8 Å². The Morgan fingerprint density at radius 3 is 2.50 bits per heavy atom. The number of rotatable bonds is 2. The molecule has 12 heavy (non-hydrogen) atoms. The molecule has 1 amide bonds. The van der Waals surface area contributed by atoms with Crippen LogP contribution in [-0.2, 0) is 4.79 Å². The second-order valence-electron chi connectivity index (χ2n) is 3.69. The minimum absolute atomic E-state index is 0.159. The molecule has 0 bridgehead atoms. The molecule has 0 aromatic heterocycles. The lowest BCUT2D eigenvalue weighted by Crippen LogP contribution is -2.42. The van der Waals surface area contributed by atoms with Crippen molar-refractivity contribution in [2.75, 3.05) is 6.54 Å². The predicted molar refractivity (Wildman–Crippen MR) is 47.3 cm³/mol. The van der Waals surface area contributed by atoms with Crippen molar-refractivity contribution in [1.29, 1.82) is 0 Å². The fraction of sp³-hybridized carbons (Fsp3) is 0.667. The van der Waals surface area contributed by atoms with Gasteiger partial charge in [-0.25, -0.2) is 0 Å². The van der Waals surface area contributed by atoms with Gasteiger partial charge in [0.25, 0.3) is 0 Å². The molecule has 3 heteroatoms. The fourth-order valence-electron chi connectivity index (χ4n) is 0.628. The van der Waals surface area contributed by atoms with Crippen molar-refractivity contribution >= 4 is 5.91 Å². The number of carbonyl (C=O) groups is 1. The Balaban J connectivity index is 4.04. The first-order valence-electron chi connectivity index (χ1n) is 3.79. The number of carbonyl (C=O) groups excluding carboxylic acids is 1. The van der Waals surface area contributed by atoms with Gasteiger partial charge in [0.15, 0.2) is 0 Å². The summed E-state index contributed by atoms with van der Waals surface area (Å²) in [6, 6.07) is 0. The monoisotopic (exact) mass is 169 g/mol. The van der Waals surface area contributed by atoms with Crippen LogP contribution in [0.4, 0.5) is 0 Å². The number of nitrogens with one attached hydrogen (secondary N) is 1. The number of hydrogen-bond donors (Lipinski definition) is 2. The molecule has 0 saturated carbocycles. The molecular formula is C9H15NO2. The molecule has 0 saturated heterocycles. The van der Waals surface area contributed by atoms with E-state index in [1.54, 1.807) is 20.8 Å². The topological polar surface area (TPSA) is 49.3 Å². The number of aliphatic hydroxyl groups excluding tert-OH is 1. The molecule has 2 N–H and O–H groups in total. The van der Waals surface area contributed by atoms with Gasteiger partial charge in [-0.05, 0) is 5.41 Å². The maximum atomic E-state index is 11.1. The molecule has 0 aliphatic heterocycles. The van der Waals surface area contributed by atoms with Gasteiger partial charge in [-0.1, -0.05) is 26.7 Å². The van der Waals surface area contributed by atoms with E-state index in [-0.39, 0.29) is 6.54 Å². The van der Waals surface area contributed by atoms with Gasteiger partial charge in [-0.15, -0.1) is 6.42 Å². The van der Waals surface area contributed by atoms with E-state index >= 15 is 0 Å². The third-order valence-corrected chi connectivity index (χ3v) is 1.43. The highest BCUT2D eigenvalue weighted by molar-refractivity contribution is 5.81. The van der Waals surface area contributed by atoms with Crippen LogP contribution >= 0.6 is 0 Å². The molecule has 0 fully saturated rings. The number of hydrogen-bond acceptors (Lipinski definition) is 2. The van der Waals surface area contributed by atoms with Gasteiger partial charge in [-0.3, -0.25) is 4.79 Å². The minimum Gasteiger partial charge on any atom is -0.383 e. The van der Waals surface area contributed by atoms with E-state index in [9.17, 15) is 9.90 Å². The molecule has 1 atom stereocenters. The van der Waals surface area contributed by atoms with Gasteiger partial charge >= 0.3 is 0 Å². The van der Waals surface area contributed by atoms with Crippen LogP contribution in [0.15, 0.2) is 0 Å². The molecule has 0 aliphatic rings. The average Bonchev–Trinajstić information content (AvgIpc) is 1.97.